The highest BCUT2D eigenvalue weighted by Crippen LogP contribution is 2.58. The number of nitrogens with zero attached hydrogens (tertiary/aromatic N) is 2. The molecular weight excluding hydrogens is 917 g/mol. The van der Waals surface area contributed by atoms with Crippen molar-refractivity contribution in [2.45, 2.75) is 77.0 Å². The smallest absolute Gasteiger partial charge is 0.0619 e. The monoisotopic (exact) mass is 976 g/mol. The molecule has 11 aromatic rings. The molecule has 0 N–H and O–H groups in total. The van der Waals surface area contributed by atoms with Gasteiger partial charge in [0.1, 0.15) is 0 Å². The predicted molar refractivity (Wildman–Crippen MR) is 321 cm³/mol. The van der Waals surface area contributed by atoms with Crippen molar-refractivity contribution in [2.75, 3.05) is 9.80 Å². The number of rotatable bonds is 6. The topological polar surface area (TPSA) is 6.48 Å². The van der Waals surface area contributed by atoms with E-state index in [1.807, 2.05) is 0 Å². The molecule has 2 heteroatoms. The van der Waals surface area contributed by atoms with E-state index in [-0.39, 0.29) is 21.7 Å². The summed E-state index contributed by atoms with van der Waals surface area (Å²) in [5, 5.41) is 4.74. The van der Waals surface area contributed by atoms with Crippen molar-refractivity contribution in [3.05, 3.63) is 263 Å². The van der Waals surface area contributed by atoms with Gasteiger partial charge in [-0.05, 0) is 138 Å². The molecule has 0 amide bonds. The molecule has 0 radical (unpaired) electrons. The Bertz CT molecular complexity index is 3770. The van der Waals surface area contributed by atoms with E-state index in [1.54, 1.807) is 0 Å². The van der Waals surface area contributed by atoms with Gasteiger partial charge in [0.05, 0.1) is 11.4 Å². The third-order valence-electron chi connectivity index (χ3n) is 18.6. The first-order valence-electron chi connectivity index (χ1n) is 27.3. The lowest BCUT2D eigenvalue weighted by molar-refractivity contribution is 0.660. The maximum atomic E-state index is 2.59. The zero-order valence-corrected chi connectivity index (χ0v) is 44.7. The average Bonchev–Trinajstić information content (AvgIpc) is 4.01. The van der Waals surface area contributed by atoms with Crippen LogP contribution in [0, 0.1) is 0 Å². The van der Waals surface area contributed by atoms with Crippen LogP contribution in [-0.2, 0) is 21.7 Å². The summed E-state index contributed by atoms with van der Waals surface area (Å²) in [4.78, 5) is 5.17. The van der Waals surface area contributed by atoms with Crippen LogP contribution in [0.1, 0.15) is 99.9 Å². The molecule has 0 fully saturated rings. The van der Waals surface area contributed by atoms with Crippen LogP contribution >= 0.6 is 0 Å². The molecule has 0 atom stereocenters. The number of hydrogen-bond acceptors (Lipinski definition) is 2. The molecule has 0 unspecified atom stereocenters. The Morgan fingerprint density at radius 3 is 0.645 bits per heavy atom. The van der Waals surface area contributed by atoms with Crippen molar-refractivity contribution in [1.82, 2.24) is 0 Å². The molecule has 0 bridgehead atoms. The van der Waals surface area contributed by atoms with Gasteiger partial charge in [-0.1, -0.05) is 225 Å². The van der Waals surface area contributed by atoms with Crippen LogP contribution < -0.4 is 9.80 Å². The summed E-state index contributed by atoms with van der Waals surface area (Å²) in [6.45, 7) is 19.0. The van der Waals surface area contributed by atoms with Gasteiger partial charge in [-0.25, -0.2) is 0 Å². The van der Waals surface area contributed by atoms with E-state index < -0.39 is 0 Å². The summed E-state index contributed by atoms with van der Waals surface area (Å²) >= 11 is 0. The van der Waals surface area contributed by atoms with Gasteiger partial charge in [0.25, 0.3) is 0 Å². The van der Waals surface area contributed by atoms with E-state index in [2.05, 4.69) is 284 Å². The fraction of sp³-hybridized carbons (Fsp3) is 0.162. The molecule has 0 saturated carbocycles. The van der Waals surface area contributed by atoms with Crippen LogP contribution in [-0.4, -0.2) is 0 Å². The minimum Gasteiger partial charge on any atom is -0.309 e. The third kappa shape index (κ3) is 5.99. The molecule has 4 aliphatic carbocycles. The van der Waals surface area contributed by atoms with Gasteiger partial charge < -0.3 is 9.80 Å². The predicted octanol–water partition coefficient (Wildman–Crippen LogP) is 20.2. The lowest BCUT2D eigenvalue weighted by atomic mass is 9.82. The minimum atomic E-state index is -0.118. The Morgan fingerprint density at radius 1 is 0.211 bits per heavy atom. The van der Waals surface area contributed by atoms with Crippen molar-refractivity contribution in [3.63, 3.8) is 0 Å². The molecule has 11 aromatic carbocycles. The van der Waals surface area contributed by atoms with Crippen LogP contribution in [0.3, 0.4) is 0 Å². The second-order valence-electron chi connectivity index (χ2n) is 24.1. The van der Waals surface area contributed by atoms with Gasteiger partial charge in [0, 0.05) is 66.0 Å². The van der Waals surface area contributed by atoms with Crippen molar-refractivity contribution in [3.8, 4) is 44.5 Å². The average molecular weight is 977 g/mol. The van der Waals surface area contributed by atoms with Crippen LogP contribution in [0.15, 0.2) is 218 Å². The molecule has 2 nitrogen and oxygen atoms in total. The van der Waals surface area contributed by atoms with Crippen molar-refractivity contribution < 1.29 is 0 Å². The second-order valence-corrected chi connectivity index (χ2v) is 24.1. The highest BCUT2D eigenvalue weighted by Gasteiger charge is 2.41. The fourth-order valence-corrected chi connectivity index (χ4v) is 14.8. The van der Waals surface area contributed by atoms with Gasteiger partial charge in [-0.15, -0.1) is 0 Å². The quantitative estimate of drug-likeness (QED) is 0.121. The Hall–Kier alpha value is -8.46. The van der Waals surface area contributed by atoms with Gasteiger partial charge >= 0.3 is 0 Å². The first kappa shape index (κ1) is 45.0. The Morgan fingerprint density at radius 2 is 0.408 bits per heavy atom. The Balaban J connectivity index is 1.03. The lowest BCUT2D eigenvalue weighted by Crippen LogP contribution is -2.17. The molecular formula is C74H60N2. The highest BCUT2D eigenvalue weighted by molar-refractivity contribution is 6.23. The number of hydrogen-bond donors (Lipinski definition) is 0. The van der Waals surface area contributed by atoms with E-state index in [0.717, 1.165) is 22.7 Å². The molecule has 15 rings (SSSR count). The van der Waals surface area contributed by atoms with Gasteiger partial charge in [-0.2, -0.15) is 0 Å². The molecule has 0 saturated heterocycles. The maximum absolute atomic E-state index is 2.59. The zero-order valence-electron chi connectivity index (χ0n) is 44.7. The summed E-state index contributed by atoms with van der Waals surface area (Å²) in [6.07, 6.45) is 0. The standard InChI is InChI=1S/C74H60N2/c1-71(2)61-29-17-13-21-49(61)57-41-45(33-37-65(57)71)75(46-34-38-66-58(42-46)50-22-14-18-30-62(50)72(66,3)4)69-53-25-9-11-27-55(53)70(56-28-12-10-26-54(56)69)76(47-35-39-67-59(43-47)51-23-15-19-31-63(51)73(67,5)6)48-36-40-68-60(44-48)52-24-16-20-32-64(52)74(68,7)8/h9-44H,1-8H3. The second kappa shape index (κ2) is 15.6. The van der Waals surface area contributed by atoms with Crippen LogP contribution in [0.4, 0.5) is 34.1 Å². The summed E-state index contributed by atoms with van der Waals surface area (Å²) in [7, 11) is 0. The zero-order chi connectivity index (χ0) is 51.6. The first-order chi connectivity index (χ1) is 36.7. The number of fused-ring (bicyclic) bond motifs is 14. The third-order valence-corrected chi connectivity index (χ3v) is 18.6. The summed E-state index contributed by atoms with van der Waals surface area (Å²) in [5.41, 5.74) is 27.8. The molecule has 0 spiro atoms. The number of anilines is 6. The van der Waals surface area contributed by atoms with Gasteiger partial charge in [0.2, 0.25) is 0 Å². The van der Waals surface area contributed by atoms with E-state index in [1.165, 1.54) is 122 Å². The summed E-state index contributed by atoms with van der Waals surface area (Å²) in [5.74, 6) is 0. The fourth-order valence-electron chi connectivity index (χ4n) is 14.8. The molecule has 0 aliphatic heterocycles. The molecule has 366 valence electrons. The summed E-state index contributed by atoms with van der Waals surface area (Å²) < 4.78 is 0. The summed E-state index contributed by atoms with van der Waals surface area (Å²) in [6, 6.07) is 83.6. The number of benzene rings is 11. The van der Waals surface area contributed by atoms with Crippen molar-refractivity contribution >= 4 is 55.7 Å². The molecule has 0 aromatic heterocycles. The van der Waals surface area contributed by atoms with E-state index in [9.17, 15) is 0 Å². The molecule has 4 aliphatic rings. The normalized spacial score (nSPS) is 15.8. The van der Waals surface area contributed by atoms with E-state index in [4.69, 9.17) is 0 Å². The Kier molecular flexibility index (Phi) is 9.21. The molecule has 0 heterocycles. The van der Waals surface area contributed by atoms with Crippen molar-refractivity contribution in [1.29, 1.82) is 0 Å². The van der Waals surface area contributed by atoms with Gasteiger partial charge in [0.15, 0.2) is 0 Å². The largest absolute Gasteiger partial charge is 0.309 e. The van der Waals surface area contributed by atoms with Gasteiger partial charge in [-0.3, -0.25) is 0 Å². The van der Waals surface area contributed by atoms with Crippen LogP contribution in [0.2, 0.25) is 0 Å². The van der Waals surface area contributed by atoms with E-state index >= 15 is 0 Å². The Labute approximate surface area is 447 Å². The van der Waals surface area contributed by atoms with Crippen LogP contribution in [0.25, 0.3) is 66.1 Å². The van der Waals surface area contributed by atoms with E-state index in [0.29, 0.717) is 0 Å². The maximum Gasteiger partial charge on any atom is 0.0619 e. The lowest BCUT2D eigenvalue weighted by Gasteiger charge is -2.34. The SMILES string of the molecule is CC1(C)c2ccccc2-c2cc(N(c3ccc4c(c3)-c3ccccc3C4(C)C)c3c4ccccc4c(N(c4ccc5c(c4)-c4ccccc4C5(C)C)c4ccc5c(c4)-c4ccccc4C5(C)C)c4ccccc34)ccc21. The molecule has 76 heavy (non-hydrogen) atoms. The minimum absolute atomic E-state index is 0.118. The first-order valence-corrected chi connectivity index (χ1v) is 27.3. The highest BCUT2D eigenvalue weighted by atomic mass is 15.2. The van der Waals surface area contributed by atoms with Crippen LogP contribution in [0.5, 0.6) is 0 Å². The van der Waals surface area contributed by atoms with Crippen molar-refractivity contribution in [2.24, 2.45) is 0 Å².